The van der Waals surface area contributed by atoms with Gasteiger partial charge in [-0.1, -0.05) is 19.1 Å². The molecule has 1 amide bonds. The third-order valence-electron chi connectivity index (χ3n) is 4.46. The molecule has 0 saturated heterocycles. The van der Waals surface area contributed by atoms with E-state index < -0.39 is 0 Å². The maximum absolute atomic E-state index is 12.8. The van der Waals surface area contributed by atoms with Crippen LogP contribution in [0.3, 0.4) is 0 Å². The summed E-state index contributed by atoms with van der Waals surface area (Å²) in [7, 11) is 5.74. The van der Waals surface area contributed by atoms with Crippen molar-refractivity contribution in [2.45, 2.75) is 19.4 Å². The zero-order chi connectivity index (χ0) is 19.4. The molecule has 0 aliphatic heterocycles. The van der Waals surface area contributed by atoms with Crippen molar-refractivity contribution in [1.82, 2.24) is 25.1 Å². The molecule has 3 rings (SSSR count). The van der Waals surface area contributed by atoms with Gasteiger partial charge in [0.25, 0.3) is 5.91 Å². The third kappa shape index (κ3) is 4.13. The van der Waals surface area contributed by atoms with Gasteiger partial charge in [-0.25, -0.2) is 9.97 Å². The van der Waals surface area contributed by atoms with E-state index in [-0.39, 0.29) is 11.9 Å². The predicted molar refractivity (Wildman–Crippen MR) is 106 cm³/mol. The highest BCUT2D eigenvalue weighted by atomic mass is 16.1. The lowest BCUT2D eigenvalue weighted by Crippen LogP contribution is -2.29. The first-order chi connectivity index (χ1) is 13.0. The Morgan fingerprint density at radius 2 is 2.04 bits per heavy atom. The molecule has 7 nitrogen and oxygen atoms in total. The molecule has 140 valence electrons. The molecule has 0 fully saturated rings. The number of hydrogen-bond donors (Lipinski definition) is 1. The lowest BCUT2D eigenvalue weighted by Gasteiger charge is -2.17. The van der Waals surface area contributed by atoms with Crippen molar-refractivity contribution in [3.05, 3.63) is 60.2 Å². The first-order valence-corrected chi connectivity index (χ1v) is 8.88. The molecule has 0 aliphatic rings. The number of hydrogen-bond acceptors (Lipinski definition) is 5. The highest BCUT2D eigenvalue weighted by molar-refractivity contribution is 5.95. The maximum Gasteiger partial charge on any atom is 0.251 e. The molecule has 1 atom stereocenters. The Morgan fingerprint density at radius 3 is 2.70 bits per heavy atom. The number of aryl methyl sites for hydroxylation is 1. The van der Waals surface area contributed by atoms with Gasteiger partial charge in [-0.2, -0.15) is 5.10 Å². The maximum atomic E-state index is 12.8. The van der Waals surface area contributed by atoms with Crippen molar-refractivity contribution < 1.29 is 4.79 Å². The Labute approximate surface area is 159 Å². The van der Waals surface area contributed by atoms with Gasteiger partial charge in [0.05, 0.1) is 17.4 Å². The fourth-order valence-electron chi connectivity index (χ4n) is 2.92. The molecule has 2 aromatic heterocycles. The van der Waals surface area contributed by atoms with Crippen LogP contribution in [0.4, 0.5) is 5.82 Å². The van der Waals surface area contributed by atoms with Gasteiger partial charge in [0.1, 0.15) is 12.1 Å². The number of carbonyl (C=O) groups excluding carboxylic acids is 1. The molecular weight excluding hydrogens is 340 g/mol. The Hall–Kier alpha value is -3.22. The topological polar surface area (TPSA) is 75.9 Å². The van der Waals surface area contributed by atoms with Crippen molar-refractivity contribution in [3.8, 4) is 11.3 Å². The summed E-state index contributed by atoms with van der Waals surface area (Å²) in [5, 5.41) is 7.28. The van der Waals surface area contributed by atoms with Crippen LogP contribution >= 0.6 is 0 Å². The zero-order valence-corrected chi connectivity index (χ0v) is 16.0. The van der Waals surface area contributed by atoms with Crippen LogP contribution < -0.4 is 10.2 Å². The second kappa shape index (κ2) is 7.99. The summed E-state index contributed by atoms with van der Waals surface area (Å²) in [5.74, 6) is 0.698. The Morgan fingerprint density at radius 1 is 1.22 bits per heavy atom. The smallest absolute Gasteiger partial charge is 0.251 e. The van der Waals surface area contributed by atoms with Gasteiger partial charge in [-0.05, 0) is 24.6 Å². The van der Waals surface area contributed by atoms with Crippen LogP contribution in [0.15, 0.2) is 48.9 Å². The van der Waals surface area contributed by atoms with Gasteiger partial charge in [0.2, 0.25) is 0 Å². The fourth-order valence-corrected chi connectivity index (χ4v) is 2.92. The summed E-state index contributed by atoms with van der Waals surface area (Å²) < 4.78 is 1.79. The second-order valence-corrected chi connectivity index (χ2v) is 6.55. The second-order valence-electron chi connectivity index (χ2n) is 6.55. The minimum absolute atomic E-state index is 0.0898. The highest BCUT2D eigenvalue weighted by Crippen LogP contribution is 2.22. The lowest BCUT2D eigenvalue weighted by molar-refractivity contribution is 0.0934. The number of anilines is 1. The molecule has 7 heteroatoms. The lowest BCUT2D eigenvalue weighted by atomic mass is 10.1. The normalized spacial score (nSPS) is 11.9. The first-order valence-electron chi connectivity index (χ1n) is 8.88. The molecule has 1 N–H and O–H groups in total. The monoisotopic (exact) mass is 364 g/mol. The van der Waals surface area contributed by atoms with Gasteiger partial charge in [-0.15, -0.1) is 0 Å². The number of nitrogens with one attached hydrogen (secondary N) is 1. The minimum Gasteiger partial charge on any atom is -0.363 e. The molecule has 2 heterocycles. The van der Waals surface area contributed by atoms with Crippen molar-refractivity contribution >= 4 is 11.7 Å². The van der Waals surface area contributed by atoms with Crippen LogP contribution in [0.5, 0.6) is 0 Å². The summed E-state index contributed by atoms with van der Waals surface area (Å²) in [6.07, 6.45) is 4.05. The number of amides is 1. The average Bonchev–Trinajstić information content (AvgIpc) is 3.12. The van der Waals surface area contributed by atoms with Crippen molar-refractivity contribution in [2.75, 3.05) is 19.0 Å². The minimum atomic E-state index is -0.119. The van der Waals surface area contributed by atoms with Crippen molar-refractivity contribution in [3.63, 3.8) is 0 Å². The fraction of sp³-hybridized carbons (Fsp3) is 0.300. The number of carbonyl (C=O) groups is 1. The molecule has 0 aliphatic carbocycles. The van der Waals surface area contributed by atoms with E-state index in [2.05, 4.69) is 20.4 Å². The van der Waals surface area contributed by atoms with Crippen LogP contribution in [0, 0.1) is 0 Å². The van der Waals surface area contributed by atoms with E-state index in [1.165, 1.54) is 6.33 Å². The summed E-state index contributed by atoms with van der Waals surface area (Å²) in [6.45, 7) is 2.04. The van der Waals surface area contributed by atoms with Crippen LogP contribution in [0.2, 0.25) is 0 Å². The molecule has 27 heavy (non-hydrogen) atoms. The van der Waals surface area contributed by atoms with Gasteiger partial charge in [0, 0.05) is 44.5 Å². The molecule has 0 radical (unpaired) electrons. The van der Waals surface area contributed by atoms with Gasteiger partial charge in [-0.3, -0.25) is 9.48 Å². The summed E-state index contributed by atoms with van der Waals surface area (Å²) in [5.41, 5.74) is 3.23. The van der Waals surface area contributed by atoms with E-state index >= 15 is 0 Å². The SMILES string of the molecule is CC[C@@H](NC(=O)c1cccc(-c2cc(N(C)C)ncn2)c1)c1ccnn1C. The molecule has 0 spiro atoms. The number of benzene rings is 1. The Bertz CT molecular complexity index is 933. The molecular formula is C20H24N6O. The van der Waals surface area contributed by atoms with Crippen LogP contribution in [0.1, 0.15) is 35.4 Å². The van der Waals surface area contributed by atoms with E-state index in [0.29, 0.717) is 5.56 Å². The summed E-state index contributed by atoms with van der Waals surface area (Å²) in [4.78, 5) is 23.3. The highest BCUT2D eigenvalue weighted by Gasteiger charge is 2.17. The van der Waals surface area contributed by atoms with Crippen molar-refractivity contribution in [1.29, 1.82) is 0 Å². The third-order valence-corrected chi connectivity index (χ3v) is 4.46. The van der Waals surface area contributed by atoms with E-state index in [1.54, 1.807) is 10.9 Å². The first kappa shape index (κ1) is 18.6. The molecule has 0 unspecified atom stereocenters. The molecule has 3 aromatic rings. The average molecular weight is 364 g/mol. The Balaban J connectivity index is 1.83. The number of nitrogens with zero attached hydrogens (tertiary/aromatic N) is 5. The quantitative estimate of drug-likeness (QED) is 0.728. The van der Waals surface area contributed by atoms with Crippen molar-refractivity contribution in [2.24, 2.45) is 7.05 Å². The van der Waals surface area contributed by atoms with Crippen LogP contribution in [-0.4, -0.2) is 39.8 Å². The van der Waals surface area contributed by atoms with E-state index in [0.717, 1.165) is 29.2 Å². The van der Waals surface area contributed by atoms with E-state index in [1.807, 2.05) is 69.4 Å². The van der Waals surface area contributed by atoms with E-state index in [4.69, 9.17) is 0 Å². The van der Waals surface area contributed by atoms with Crippen LogP contribution in [-0.2, 0) is 7.05 Å². The number of aromatic nitrogens is 4. The van der Waals surface area contributed by atoms with Gasteiger partial charge in [0.15, 0.2) is 0 Å². The molecule has 0 bridgehead atoms. The molecule has 1 aromatic carbocycles. The standard InChI is InChI=1S/C20H24N6O/c1-5-16(18-9-10-23-26(18)4)24-20(27)15-8-6-7-14(11-15)17-12-19(25(2)3)22-13-21-17/h6-13,16H,5H2,1-4H3,(H,24,27)/t16-/m1/s1. The molecule has 0 saturated carbocycles. The largest absolute Gasteiger partial charge is 0.363 e. The van der Waals surface area contributed by atoms with Gasteiger partial charge >= 0.3 is 0 Å². The zero-order valence-electron chi connectivity index (χ0n) is 16.0. The predicted octanol–water partition coefficient (Wildman–Crippen LogP) is 2.82. The van der Waals surface area contributed by atoms with Crippen LogP contribution in [0.25, 0.3) is 11.3 Å². The van der Waals surface area contributed by atoms with Gasteiger partial charge < -0.3 is 10.2 Å². The number of rotatable bonds is 6. The summed E-state index contributed by atoms with van der Waals surface area (Å²) in [6, 6.07) is 11.2. The summed E-state index contributed by atoms with van der Waals surface area (Å²) >= 11 is 0. The Kier molecular flexibility index (Phi) is 5.49. The van der Waals surface area contributed by atoms with E-state index in [9.17, 15) is 4.79 Å².